The number of amides is 1. The van der Waals surface area contributed by atoms with Crippen molar-refractivity contribution in [2.24, 2.45) is 12.5 Å². The molecule has 19 heavy (non-hydrogen) atoms. The van der Waals surface area contributed by atoms with E-state index in [1.54, 1.807) is 13.8 Å². The third-order valence-corrected chi connectivity index (χ3v) is 4.83. The van der Waals surface area contributed by atoms with E-state index in [9.17, 15) is 13.2 Å². The van der Waals surface area contributed by atoms with Crippen molar-refractivity contribution in [1.29, 1.82) is 0 Å². The number of nitrogens with zero attached hydrogens (tertiary/aromatic N) is 3. The Morgan fingerprint density at radius 2 is 2.05 bits per heavy atom. The van der Waals surface area contributed by atoms with Crippen molar-refractivity contribution in [2.75, 3.05) is 13.6 Å². The first-order chi connectivity index (χ1) is 8.62. The highest BCUT2D eigenvalue weighted by molar-refractivity contribution is 9.10. The molecule has 1 heterocycles. The molecular formula is C9H16BrN5O3S. The van der Waals surface area contributed by atoms with Crippen molar-refractivity contribution < 1.29 is 13.2 Å². The molecule has 10 heteroatoms. The zero-order valence-electron chi connectivity index (χ0n) is 11.1. The Bertz CT molecular complexity index is 561. The fourth-order valence-electron chi connectivity index (χ4n) is 1.37. The van der Waals surface area contributed by atoms with Crippen LogP contribution >= 0.6 is 15.9 Å². The van der Waals surface area contributed by atoms with E-state index in [1.807, 2.05) is 0 Å². The quantitative estimate of drug-likeness (QED) is 0.750. The fourth-order valence-corrected chi connectivity index (χ4v) is 3.67. The van der Waals surface area contributed by atoms with Crippen LogP contribution in [0, 0.1) is 5.41 Å². The molecule has 0 aliphatic carbocycles. The van der Waals surface area contributed by atoms with Gasteiger partial charge in [-0.1, -0.05) is 5.21 Å². The molecule has 0 saturated heterocycles. The number of carbonyl (C=O) groups is 1. The third-order valence-electron chi connectivity index (χ3n) is 2.54. The smallest absolute Gasteiger partial charge is 0.260 e. The number of rotatable bonds is 5. The van der Waals surface area contributed by atoms with Crippen LogP contribution in [0.25, 0.3) is 0 Å². The van der Waals surface area contributed by atoms with Crippen LogP contribution in [0.4, 0.5) is 0 Å². The van der Waals surface area contributed by atoms with Gasteiger partial charge in [0.2, 0.25) is 10.9 Å². The molecule has 0 aromatic carbocycles. The van der Waals surface area contributed by atoms with Crippen LogP contribution in [-0.4, -0.2) is 42.9 Å². The number of aromatic nitrogens is 3. The zero-order chi connectivity index (χ0) is 14.8. The first-order valence-corrected chi connectivity index (χ1v) is 7.66. The summed E-state index contributed by atoms with van der Waals surface area (Å²) in [7, 11) is -0.823. The highest BCUT2D eigenvalue weighted by Gasteiger charge is 2.31. The van der Waals surface area contributed by atoms with Gasteiger partial charge in [-0.2, -0.15) is 0 Å². The summed E-state index contributed by atoms with van der Waals surface area (Å²) in [6.45, 7) is 3.25. The average molecular weight is 354 g/mol. The summed E-state index contributed by atoms with van der Waals surface area (Å²) >= 11 is 3.02. The minimum Gasteiger partial charge on any atom is -0.359 e. The Balaban J connectivity index is 2.92. The molecule has 0 radical (unpaired) electrons. The molecule has 0 spiro atoms. The predicted molar refractivity (Wildman–Crippen MR) is 71.7 cm³/mol. The molecule has 1 aromatic rings. The Labute approximate surface area is 120 Å². The molecule has 1 rings (SSSR count). The number of aryl methyl sites for hydroxylation is 1. The second kappa shape index (κ2) is 5.55. The topological polar surface area (TPSA) is 106 Å². The normalized spacial score (nSPS) is 12.5. The molecule has 0 aliphatic rings. The van der Waals surface area contributed by atoms with Crippen LogP contribution in [-0.2, 0) is 21.9 Å². The van der Waals surface area contributed by atoms with Gasteiger partial charge in [0.1, 0.15) is 0 Å². The fraction of sp³-hybridized carbons (Fsp3) is 0.667. The third kappa shape index (κ3) is 3.51. The van der Waals surface area contributed by atoms with E-state index in [0.717, 1.165) is 4.68 Å². The monoisotopic (exact) mass is 353 g/mol. The van der Waals surface area contributed by atoms with Crippen molar-refractivity contribution in [3.8, 4) is 0 Å². The lowest BCUT2D eigenvalue weighted by Gasteiger charge is -2.22. The van der Waals surface area contributed by atoms with E-state index in [-0.39, 0.29) is 22.1 Å². The van der Waals surface area contributed by atoms with Gasteiger partial charge in [0.05, 0.1) is 5.41 Å². The summed E-state index contributed by atoms with van der Waals surface area (Å²) in [5, 5.41) is 9.61. The number of sulfonamides is 1. The lowest BCUT2D eigenvalue weighted by atomic mass is 9.93. The average Bonchev–Trinajstić information content (AvgIpc) is 2.66. The molecule has 1 aromatic heterocycles. The number of hydrogen-bond acceptors (Lipinski definition) is 5. The van der Waals surface area contributed by atoms with Gasteiger partial charge in [-0.25, -0.2) is 17.8 Å². The standard InChI is InChI=1S/C9H16BrN5O3S/c1-9(2,8(16)11-3)5-12-19(17,18)7-6(10)13-14-15(7)4/h12H,5H2,1-4H3,(H,11,16). The maximum absolute atomic E-state index is 12.1. The van der Waals surface area contributed by atoms with Crippen molar-refractivity contribution in [3.63, 3.8) is 0 Å². The highest BCUT2D eigenvalue weighted by Crippen LogP contribution is 2.19. The van der Waals surface area contributed by atoms with Crippen molar-refractivity contribution in [2.45, 2.75) is 18.9 Å². The molecule has 0 atom stereocenters. The Kier molecular flexibility index (Phi) is 4.69. The van der Waals surface area contributed by atoms with Gasteiger partial charge >= 0.3 is 0 Å². The molecule has 0 aliphatic heterocycles. The SMILES string of the molecule is CNC(=O)C(C)(C)CNS(=O)(=O)c1c(Br)nnn1C. The van der Waals surface area contributed by atoms with Crippen LogP contribution in [0.3, 0.4) is 0 Å². The van der Waals surface area contributed by atoms with Gasteiger partial charge in [0, 0.05) is 20.6 Å². The highest BCUT2D eigenvalue weighted by atomic mass is 79.9. The zero-order valence-corrected chi connectivity index (χ0v) is 13.5. The minimum atomic E-state index is -3.79. The maximum atomic E-state index is 12.1. The van der Waals surface area contributed by atoms with Crippen LogP contribution < -0.4 is 10.0 Å². The van der Waals surface area contributed by atoms with Crippen LogP contribution in [0.1, 0.15) is 13.8 Å². The number of hydrogen-bond donors (Lipinski definition) is 2. The van der Waals surface area contributed by atoms with Crippen molar-refractivity contribution in [3.05, 3.63) is 4.60 Å². The molecule has 0 unspecified atom stereocenters. The maximum Gasteiger partial charge on any atom is 0.260 e. The second-order valence-corrected chi connectivity index (χ2v) is 7.03. The molecule has 0 saturated carbocycles. The summed E-state index contributed by atoms with van der Waals surface area (Å²) in [6.07, 6.45) is 0. The van der Waals surface area contributed by atoms with E-state index in [0.29, 0.717) is 0 Å². The van der Waals surface area contributed by atoms with Crippen LogP contribution in [0.15, 0.2) is 9.63 Å². The van der Waals surface area contributed by atoms with Gasteiger partial charge in [0.15, 0.2) is 4.60 Å². The van der Waals surface area contributed by atoms with Gasteiger partial charge in [0.25, 0.3) is 10.0 Å². The first-order valence-electron chi connectivity index (χ1n) is 5.39. The van der Waals surface area contributed by atoms with Gasteiger partial charge < -0.3 is 5.32 Å². The largest absolute Gasteiger partial charge is 0.359 e. The molecule has 1 amide bonds. The van der Waals surface area contributed by atoms with E-state index < -0.39 is 15.4 Å². The van der Waals surface area contributed by atoms with Crippen molar-refractivity contribution in [1.82, 2.24) is 25.0 Å². The Morgan fingerprint density at radius 1 is 1.47 bits per heavy atom. The van der Waals surface area contributed by atoms with Gasteiger partial charge in [-0.15, -0.1) is 5.10 Å². The molecule has 8 nitrogen and oxygen atoms in total. The first kappa shape index (κ1) is 16.1. The minimum absolute atomic E-state index is 0.0351. The molecule has 108 valence electrons. The Morgan fingerprint density at radius 3 is 2.47 bits per heavy atom. The summed E-state index contributed by atoms with van der Waals surface area (Å²) in [5.74, 6) is -0.252. The number of halogens is 1. The van der Waals surface area contributed by atoms with Gasteiger partial charge in [-0.05, 0) is 29.8 Å². The van der Waals surface area contributed by atoms with E-state index in [2.05, 4.69) is 36.3 Å². The van der Waals surface area contributed by atoms with E-state index >= 15 is 0 Å². The van der Waals surface area contributed by atoms with E-state index in [1.165, 1.54) is 14.1 Å². The molecular weight excluding hydrogens is 338 g/mol. The number of carbonyl (C=O) groups excluding carboxylic acids is 1. The van der Waals surface area contributed by atoms with Crippen molar-refractivity contribution >= 4 is 31.9 Å². The number of nitrogens with one attached hydrogen (secondary N) is 2. The lowest BCUT2D eigenvalue weighted by molar-refractivity contribution is -0.128. The van der Waals surface area contributed by atoms with Gasteiger partial charge in [-0.3, -0.25) is 4.79 Å². The second-order valence-electron chi connectivity index (χ2n) is 4.60. The molecule has 0 bridgehead atoms. The predicted octanol–water partition coefficient (Wildman–Crippen LogP) is -0.372. The summed E-state index contributed by atoms with van der Waals surface area (Å²) < 4.78 is 27.9. The summed E-state index contributed by atoms with van der Waals surface area (Å²) in [6, 6.07) is 0. The van der Waals surface area contributed by atoms with E-state index in [4.69, 9.17) is 0 Å². The molecule has 2 N–H and O–H groups in total. The summed E-state index contributed by atoms with van der Waals surface area (Å²) in [5.41, 5.74) is -0.861. The van der Waals surface area contributed by atoms with Crippen LogP contribution in [0.5, 0.6) is 0 Å². The Hall–Kier alpha value is -1.00. The van der Waals surface area contributed by atoms with Crippen LogP contribution in [0.2, 0.25) is 0 Å². The summed E-state index contributed by atoms with van der Waals surface area (Å²) in [4.78, 5) is 11.6. The lowest BCUT2D eigenvalue weighted by Crippen LogP contribution is -2.44. The molecule has 0 fully saturated rings.